The predicted octanol–water partition coefficient (Wildman–Crippen LogP) is 6.49. The molecule has 0 aromatic heterocycles. The molecule has 0 fully saturated rings. The van der Waals surface area contributed by atoms with Gasteiger partial charge in [0.05, 0.1) is 0 Å². The molecule has 0 aliphatic heterocycles. The van der Waals surface area contributed by atoms with E-state index in [-0.39, 0.29) is 10.0 Å². The van der Waals surface area contributed by atoms with Gasteiger partial charge in [-0.2, -0.15) is 13.2 Å². The number of halogens is 5. The number of rotatable bonds is 3. The van der Waals surface area contributed by atoms with E-state index in [1.165, 1.54) is 12.1 Å². The first kappa shape index (κ1) is 16.3. The van der Waals surface area contributed by atoms with Crippen LogP contribution in [0.2, 0.25) is 0 Å². The van der Waals surface area contributed by atoms with Gasteiger partial charge in [0.1, 0.15) is 5.92 Å². The van der Waals surface area contributed by atoms with Crippen LogP contribution in [0.25, 0.3) is 4.48 Å². The molecule has 0 spiro atoms. The fraction of sp³-hybridized carbons (Fsp3) is 0.125. The minimum Gasteiger partial charge on any atom is -0.170 e. The van der Waals surface area contributed by atoms with E-state index >= 15 is 0 Å². The van der Waals surface area contributed by atoms with Crippen LogP contribution in [0.3, 0.4) is 0 Å². The van der Waals surface area contributed by atoms with Gasteiger partial charge in [0.15, 0.2) is 0 Å². The molecule has 0 aliphatic rings. The predicted molar refractivity (Wildman–Crippen MR) is 86.5 cm³/mol. The summed E-state index contributed by atoms with van der Waals surface area (Å²) in [7, 11) is 0. The van der Waals surface area contributed by atoms with Gasteiger partial charge in [0, 0.05) is 8.96 Å². The molecular formula is C16H11Br2F3. The summed E-state index contributed by atoms with van der Waals surface area (Å²) < 4.78 is 40.8. The topological polar surface area (TPSA) is 0 Å². The lowest BCUT2D eigenvalue weighted by Gasteiger charge is -2.22. The molecule has 110 valence electrons. The zero-order chi connectivity index (χ0) is 15.5. The first-order chi connectivity index (χ1) is 9.91. The molecule has 0 aliphatic carbocycles. The molecule has 0 unspecified atom stereocenters. The first-order valence-electron chi connectivity index (χ1n) is 6.13. The van der Waals surface area contributed by atoms with Crippen molar-refractivity contribution in [2.45, 2.75) is 12.1 Å². The van der Waals surface area contributed by atoms with Crippen molar-refractivity contribution in [3.63, 3.8) is 0 Å². The van der Waals surface area contributed by atoms with E-state index in [2.05, 4.69) is 31.9 Å². The third kappa shape index (κ3) is 3.98. The highest BCUT2D eigenvalue weighted by atomic mass is 79.9. The molecule has 0 amide bonds. The van der Waals surface area contributed by atoms with Crippen LogP contribution < -0.4 is 0 Å². The second-order valence-corrected chi connectivity index (χ2v) is 6.06. The van der Waals surface area contributed by atoms with E-state index in [1.54, 1.807) is 42.5 Å². The lowest BCUT2D eigenvalue weighted by Crippen LogP contribution is -2.21. The summed E-state index contributed by atoms with van der Waals surface area (Å²) in [5, 5.41) is 0. The Kier molecular flexibility index (Phi) is 5.27. The third-order valence-electron chi connectivity index (χ3n) is 2.95. The lowest BCUT2D eigenvalue weighted by molar-refractivity contribution is -0.140. The summed E-state index contributed by atoms with van der Waals surface area (Å²) in [6.07, 6.45) is -4.38. The zero-order valence-corrected chi connectivity index (χ0v) is 13.9. The molecular weight excluding hydrogens is 409 g/mol. The van der Waals surface area contributed by atoms with Crippen molar-refractivity contribution in [1.82, 2.24) is 0 Å². The maximum Gasteiger partial charge on any atom is 0.400 e. The summed E-state index contributed by atoms with van der Waals surface area (Å²) in [6, 6.07) is 16.7. The number of hydrogen-bond donors (Lipinski definition) is 0. The molecule has 21 heavy (non-hydrogen) atoms. The van der Waals surface area contributed by atoms with Crippen molar-refractivity contribution < 1.29 is 13.2 Å². The molecule has 0 saturated carbocycles. The van der Waals surface area contributed by atoms with Gasteiger partial charge in [-0.05, 0) is 27.1 Å². The molecule has 0 radical (unpaired) electrons. The highest BCUT2D eigenvalue weighted by Crippen LogP contribution is 2.46. The van der Waals surface area contributed by atoms with Crippen LogP contribution in [0, 0.1) is 0 Å². The Morgan fingerprint density at radius 1 is 0.810 bits per heavy atom. The highest BCUT2D eigenvalue weighted by molar-refractivity contribution is 9.16. The minimum atomic E-state index is -4.38. The van der Waals surface area contributed by atoms with Crippen molar-refractivity contribution >= 4 is 36.3 Å². The van der Waals surface area contributed by atoms with Gasteiger partial charge in [-0.25, -0.2) is 0 Å². The molecule has 5 heteroatoms. The van der Waals surface area contributed by atoms with E-state index in [4.69, 9.17) is 0 Å². The van der Waals surface area contributed by atoms with Crippen LogP contribution in [-0.2, 0) is 0 Å². The number of allylic oxidation sites excluding steroid dienone is 1. The molecule has 0 N–H and O–H groups in total. The third-order valence-corrected chi connectivity index (χ3v) is 5.22. The van der Waals surface area contributed by atoms with Crippen molar-refractivity contribution in [3.8, 4) is 0 Å². The monoisotopic (exact) mass is 418 g/mol. The summed E-state index contributed by atoms with van der Waals surface area (Å²) in [5.74, 6) is -1.70. The van der Waals surface area contributed by atoms with Crippen LogP contribution in [0.5, 0.6) is 0 Å². The van der Waals surface area contributed by atoms with Crippen LogP contribution in [0.4, 0.5) is 13.2 Å². The van der Waals surface area contributed by atoms with Crippen molar-refractivity contribution in [2.24, 2.45) is 0 Å². The molecule has 2 aromatic rings. The molecule has 2 aromatic carbocycles. The SMILES string of the molecule is FC(F)(F)[C@@H](/C(Br)=C(/Br)c1ccccc1)c1ccccc1. The van der Waals surface area contributed by atoms with E-state index in [0.717, 1.165) is 0 Å². The second kappa shape index (κ2) is 6.79. The summed E-state index contributed by atoms with van der Waals surface area (Å²) in [4.78, 5) is 0. The van der Waals surface area contributed by atoms with Gasteiger partial charge in [-0.3, -0.25) is 0 Å². The molecule has 0 bridgehead atoms. The summed E-state index contributed by atoms with van der Waals surface area (Å²) in [6.45, 7) is 0. The maximum absolute atomic E-state index is 13.4. The zero-order valence-electron chi connectivity index (χ0n) is 10.7. The van der Waals surface area contributed by atoms with E-state index in [0.29, 0.717) is 10.0 Å². The average molecular weight is 420 g/mol. The fourth-order valence-corrected chi connectivity index (χ4v) is 3.22. The van der Waals surface area contributed by atoms with E-state index in [1.807, 2.05) is 6.07 Å². The molecule has 0 nitrogen and oxygen atoms in total. The number of hydrogen-bond acceptors (Lipinski definition) is 0. The lowest BCUT2D eigenvalue weighted by atomic mass is 9.97. The highest BCUT2D eigenvalue weighted by Gasteiger charge is 2.43. The molecule has 1 atom stereocenters. The van der Waals surface area contributed by atoms with Crippen molar-refractivity contribution in [1.29, 1.82) is 0 Å². The quantitative estimate of drug-likeness (QED) is 0.533. The van der Waals surface area contributed by atoms with E-state index in [9.17, 15) is 13.2 Å². The number of benzene rings is 2. The summed E-state index contributed by atoms with van der Waals surface area (Å²) >= 11 is 6.41. The minimum absolute atomic E-state index is 0.0624. The Balaban J connectivity index is 2.52. The van der Waals surface area contributed by atoms with Crippen LogP contribution in [0.15, 0.2) is 65.1 Å². The Morgan fingerprint density at radius 3 is 1.76 bits per heavy atom. The first-order valence-corrected chi connectivity index (χ1v) is 7.72. The second-order valence-electron chi connectivity index (χ2n) is 4.41. The smallest absolute Gasteiger partial charge is 0.170 e. The Morgan fingerprint density at radius 2 is 1.29 bits per heavy atom. The van der Waals surface area contributed by atoms with Crippen LogP contribution in [-0.4, -0.2) is 6.18 Å². The molecule has 0 saturated heterocycles. The summed E-state index contributed by atoms with van der Waals surface area (Å²) in [5.41, 5.74) is 0.888. The molecule has 0 heterocycles. The van der Waals surface area contributed by atoms with Gasteiger partial charge >= 0.3 is 6.18 Å². The van der Waals surface area contributed by atoms with Crippen LogP contribution >= 0.6 is 31.9 Å². The van der Waals surface area contributed by atoms with Gasteiger partial charge in [0.25, 0.3) is 0 Å². The normalized spacial score (nSPS) is 14.5. The van der Waals surface area contributed by atoms with Crippen molar-refractivity contribution in [3.05, 3.63) is 76.3 Å². The maximum atomic E-state index is 13.4. The standard InChI is InChI=1S/C16H11Br2F3/c17-14(12-9-5-2-6-10-12)15(18)13(16(19,20)21)11-7-3-1-4-8-11/h1-10,13H/b15-14-/t13-/m1/s1. The Hall–Kier alpha value is -1.07. The van der Waals surface area contributed by atoms with Crippen molar-refractivity contribution in [2.75, 3.05) is 0 Å². The molecule has 2 rings (SSSR count). The van der Waals surface area contributed by atoms with Gasteiger partial charge in [0.2, 0.25) is 0 Å². The largest absolute Gasteiger partial charge is 0.400 e. The number of alkyl halides is 3. The van der Waals surface area contributed by atoms with E-state index < -0.39 is 12.1 Å². The van der Waals surface area contributed by atoms with Gasteiger partial charge in [-0.1, -0.05) is 76.6 Å². The van der Waals surface area contributed by atoms with Crippen LogP contribution in [0.1, 0.15) is 17.0 Å². The van der Waals surface area contributed by atoms with Gasteiger partial charge in [-0.15, -0.1) is 0 Å². The Bertz CT molecular complexity index is 619. The average Bonchev–Trinajstić information content (AvgIpc) is 2.47. The fourth-order valence-electron chi connectivity index (χ4n) is 1.97. The van der Waals surface area contributed by atoms with Gasteiger partial charge < -0.3 is 0 Å². The Labute approximate surface area is 137 Å².